The molecule has 1 saturated heterocycles. The minimum absolute atomic E-state index is 0.0267. The summed E-state index contributed by atoms with van der Waals surface area (Å²) in [4.78, 5) is 26.1. The van der Waals surface area contributed by atoms with Crippen LogP contribution in [0.5, 0.6) is 0 Å². The third kappa shape index (κ3) is 4.25. The molecule has 1 heterocycles. The molecule has 5 nitrogen and oxygen atoms in total. The normalized spacial score (nSPS) is 17.4. The molecule has 0 aromatic heterocycles. The molecule has 1 unspecified atom stereocenters. The average molecular weight is 338 g/mol. The van der Waals surface area contributed by atoms with E-state index in [4.69, 9.17) is 4.74 Å². The van der Waals surface area contributed by atoms with Crippen LogP contribution in [-0.2, 0) is 9.53 Å². The largest absolute Gasteiger partial charge is 0.365 e. The van der Waals surface area contributed by atoms with Crippen molar-refractivity contribution in [2.45, 2.75) is 20.0 Å². The van der Waals surface area contributed by atoms with Crippen LogP contribution in [-0.4, -0.2) is 37.6 Å². The quantitative estimate of drug-likeness (QED) is 0.932. The van der Waals surface area contributed by atoms with Crippen LogP contribution in [0, 0.1) is 13.8 Å². The summed E-state index contributed by atoms with van der Waals surface area (Å²) < 4.78 is 5.58. The number of morpholine rings is 1. The molecule has 1 fully saturated rings. The van der Waals surface area contributed by atoms with Crippen molar-refractivity contribution in [2.75, 3.05) is 24.6 Å². The highest BCUT2D eigenvalue weighted by Gasteiger charge is 2.28. The van der Waals surface area contributed by atoms with Crippen LogP contribution in [0.4, 0.5) is 5.69 Å². The molecule has 2 aromatic rings. The van der Waals surface area contributed by atoms with Gasteiger partial charge in [-0.25, -0.2) is 0 Å². The summed E-state index contributed by atoms with van der Waals surface area (Å²) in [6, 6.07) is 15.1. The molecule has 1 aliphatic heterocycles. The molecule has 5 heteroatoms. The molecule has 25 heavy (non-hydrogen) atoms. The highest BCUT2D eigenvalue weighted by molar-refractivity contribution is 5.95. The number of rotatable bonds is 4. The number of amides is 2. The van der Waals surface area contributed by atoms with Crippen LogP contribution >= 0.6 is 0 Å². The lowest BCUT2D eigenvalue weighted by Crippen LogP contribution is -2.50. The van der Waals surface area contributed by atoms with E-state index in [1.165, 1.54) is 0 Å². The molecule has 2 aromatic carbocycles. The number of hydrogen-bond donors (Lipinski definition) is 1. The molecular weight excluding hydrogens is 316 g/mol. The van der Waals surface area contributed by atoms with Gasteiger partial charge in [-0.05, 0) is 49.2 Å². The maximum absolute atomic E-state index is 12.2. The fraction of sp³-hybridized carbons (Fsp3) is 0.300. The molecule has 0 spiro atoms. The Morgan fingerprint density at radius 3 is 2.52 bits per heavy atom. The SMILES string of the molecule is Cc1cc(C)cc(N2CC(CNC(=O)c3ccccc3)OCC2=O)c1. The fourth-order valence-corrected chi connectivity index (χ4v) is 3.00. The Morgan fingerprint density at radius 1 is 1.16 bits per heavy atom. The zero-order valence-electron chi connectivity index (χ0n) is 14.5. The van der Waals surface area contributed by atoms with Crippen LogP contribution < -0.4 is 10.2 Å². The van der Waals surface area contributed by atoms with E-state index in [1.54, 1.807) is 17.0 Å². The Kier molecular flexibility index (Phi) is 5.14. The fourth-order valence-electron chi connectivity index (χ4n) is 3.00. The maximum atomic E-state index is 12.2. The van der Waals surface area contributed by atoms with Crippen molar-refractivity contribution in [3.63, 3.8) is 0 Å². The molecule has 130 valence electrons. The first kappa shape index (κ1) is 17.2. The highest BCUT2D eigenvalue weighted by atomic mass is 16.5. The maximum Gasteiger partial charge on any atom is 0.253 e. The molecule has 1 atom stereocenters. The van der Waals surface area contributed by atoms with Crippen molar-refractivity contribution in [1.82, 2.24) is 5.32 Å². The molecule has 2 amide bonds. The van der Waals surface area contributed by atoms with Gasteiger partial charge in [0.15, 0.2) is 0 Å². The predicted molar refractivity (Wildman–Crippen MR) is 96.8 cm³/mol. The van der Waals surface area contributed by atoms with E-state index >= 15 is 0 Å². The summed E-state index contributed by atoms with van der Waals surface area (Å²) >= 11 is 0. The van der Waals surface area contributed by atoms with E-state index in [0.717, 1.165) is 16.8 Å². The first-order chi connectivity index (χ1) is 12.0. The highest BCUT2D eigenvalue weighted by Crippen LogP contribution is 2.21. The van der Waals surface area contributed by atoms with Gasteiger partial charge in [0.25, 0.3) is 11.8 Å². The van der Waals surface area contributed by atoms with Gasteiger partial charge >= 0.3 is 0 Å². The topological polar surface area (TPSA) is 58.6 Å². The van der Waals surface area contributed by atoms with Gasteiger partial charge in [-0.15, -0.1) is 0 Å². The monoisotopic (exact) mass is 338 g/mol. The third-order valence-corrected chi connectivity index (χ3v) is 4.17. The number of carbonyl (C=O) groups is 2. The number of ether oxygens (including phenoxy) is 1. The molecule has 0 bridgehead atoms. The Balaban J connectivity index is 1.64. The van der Waals surface area contributed by atoms with Gasteiger partial charge in [0.05, 0.1) is 12.6 Å². The smallest absolute Gasteiger partial charge is 0.253 e. The van der Waals surface area contributed by atoms with Gasteiger partial charge in [0.2, 0.25) is 0 Å². The van der Waals surface area contributed by atoms with Gasteiger partial charge in [0, 0.05) is 17.8 Å². The molecular formula is C20H22N2O3. The molecule has 0 aliphatic carbocycles. The van der Waals surface area contributed by atoms with Crippen LogP contribution in [0.3, 0.4) is 0 Å². The Morgan fingerprint density at radius 2 is 1.84 bits per heavy atom. The van der Waals surface area contributed by atoms with Gasteiger partial charge < -0.3 is 15.0 Å². The summed E-state index contributed by atoms with van der Waals surface area (Å²) in [5.74, 6) is -0.199. The molecule has 0 saturated carbocycles. The molecule has 3 rings (SSSR count). The molecule has 0 radical (unpaired) electrons. The average Bonchev–Trinajstić information content (AvgIpc) is 2.60. The van der Waals surface area contributed by atoms with Crippen molar-refractivity contribution >= 4 is 17.5 Å². The third-order valence-electron chi connectivity index (χ3n) is 4.17. The van der Waals surface area contributed by atoms with Crippen molar-refractivity contribution < 1.29 is 14.3 Å². The minimum atomic E-state index is -0.230. The first-order valence-electron chi connectivity index (χ1n) is 8.36. The standard InChI is InChI=1S/C20H22N2O3/c1-14-8-15(2)10-17(9-14)22-12-18(25-13-19(22)23)11-21-20(24)16-6-4-3-5-7-16/h3-10,18H,11-13H2,1-2H3,(H,21,24). The van der Waals surface area contributed by atoms with Crippen molar-refractivity contribution in [2.24, 2.45) is 0 Å². The number of aryl methyl sites for hydroxylation is 2. The van der Waals surface area contributed by atoms with Gasteiger partial charge in [-0.2, -0.15) is 0 Å². The van der Waals surface area contributed by atoms with E-state index in [-0.39, 0.29) is 24.5 Å². The second-order valence-electron chi connectivity index (χ2n) is 6.36. The first-order valence-corrected chi connectivity index (χ1v) is 8.36. The Hall–Kier alpha value is -2.66. The molecule has 1 N–H and O–H groups in total. The van der Waals surface area contributed by atoms with Crippen LogP contribution in [0.1, 0.15) is 21.5 Å². The summed E-state index contributed by atoms with van der Waals surface area (Å²) in [5.41, 5.74) is 3.72. The Labute approximate surface area is 147 Å². The number of anilines is 1. The van der Waals surface area contributed by atoms with Crippen LogP contribution in [0.15, 0.2) is 48.5 Å². The van der Waals surface area contributed by atoms with Crippen molar-refractivity contribution in [3.8, 4) is 0 Å². The lowest BCUT2D eigenvalue weighted by atomic mass is 10.1. The van der Waals surface area contributed by atoms with Gasteiger partial charge in [0.1, 0.15) is 6.61 Å². The summed E-state index contributed by atoms with van der Waals surface area (Å²) in [7, 11) is 0. The van der Waals surface area contributed by atoms with Gasteiger partial charge in [-0.3, -0.25) is 9.59 Å². The summed E-state index contributed by atoms with van der Waals surface area (Å²) in [6.45, 7) is 4.84. The van der Waals surface area contributed by atoms with E-state index in [0.29, 0.717) is 18.7 Å². The lowest BCUT2D eigenvalue weighted by Gasteiger charge is -2.33. The number of benzene rings is 2. The second-order valence-corrected chi connectivity index (χ2v) is 6.36. The second kappa shape index (κ2) is 7.49. The minimum Gasteiger partial charge on any atom is -0.365 e. The Bertz CT molecular complexity index is 754. The van der Waals surface area contributed by atoms with Crippen LogP contribution in [0.2, 0.25) is 0 Å². The summed E-state index contributed by atoms with van der Waals surface area (Å²) in [6.07, 6.45) is -0.230. The lowest BCUT2D eigenvalue weighted by molar-refractivity contribution is -0.129. The number of hydrogen-bond acceptors (Lipinski definition) is 3. The zero-order chi connectivity index (χ0) is 17.8. The van der Waals surface area contributed by atoms with Crippen LogP contribution in [0.25, 0.3) is 0 Å². The number of nitrogens with zero attached hydrogens (tertiary/aromatic N) is 1. The number of nitrogens with one attached hydrogen (secondary N) is 1. The molecule has 1 aliphatic rings. The predicted octanol–water partition coefficient (Wildman–Crippen LogP) is 2.47. The van der Waals surface area contributed by atoms with E-state index in [9.17, 15) is 9.59 Å². The van der Waals surface area contributed by atoms with E-state index in [1.807, 2.05) is 44.2 Å². The van der Waals surface area contributed by atoms with E-state index in [2.05, 4.69) is 11.4 Å². The van der Waals surface area contributed by atoms with Crippen molar-refractivity contribution in [3.05, 3.63) is 65.2 Å². The van der Waals surface area contributed by atoms with E-state index < -0.39 is 0 Å². The van der Waals surface area contributed by atoms with Gasteiger partial charge in [-0.1, -0.05) is 24.3 Å². The number of carbonyl (C=O) groups excluding carboxylic acids is 2. The van der Waals surface area contributed by atoms with Crippen molar-refractivity contribution in [1.29, 1.82) is 0 Å². The zero-order valence-corrected chi connectivity index (χ0v) is 14.5. The summed E-state index contributed by atoms with van der Waals surface area (Å²) in [5, 5.41) is 2.88.